The number of benzene rings is 2. The van der Waals surface area contributed by atoms with Crippen LogP contribution in [0, 0.1) is 6.92 Å². The summed E-state index contributed by atoms with van der Waals surface area (Å²) in [6.45, 7) is 1.81. The molecule has 1 N–H and O–H groups in total. The molecule has 2 aromatic carbocycles. The molecule has 140 valence electrons. The summed E-state index contributed by atoms with van der Waals surface area (Å²) >= 11 is 12.0. The lowest BCUT2D eigenvalue weighted by Gasteiger charge is -2.19. The van der Waals surface area contributed by atoms with Crippen LogP contribution in [0.3, 0.4) is 0 Å². The average molecular weight is 405 g/mol. The topological polar surface area (TPSA) is 64.4 Å². The zero-order valence-electron chi connectivity index (χ0n) is 14.8. The lowest BCUT2D eigenvalue weighted by Crippen LogP contribution is -2.16. The molecule has 1 heterocycles. The number of aryl methyl sites for hydroxylation is 1. The molecule has 0 spiro atoms. The van der Waals surface area contributed by atoms with Gasteiger partial charge in [-0.3, -0.25) is 4.79 Å². The van der Waals surface area contributed by atoms with Crippen molar-refractivity contribution in [2.75, 3.05) is 12.4 Å². The number of carbonyl (C=O) groups excluding carboxylic acids is 1. The largest absolute Gasteiger partial charge is 0.497 e. The molecule has 1 unspecified atom stereocenters. The third-order valence-corrected chi connectivity index (χ3v) is 4.82. The maximum absolute atomic E-state index is 12.8. The Morgan fingerprint density at radius 2 is 2.00 bits per heavy atom. The van der Waals surface area contributed by atoms with Gasteiger partial charge in [-0.15, -0.1) is 0 Å². The monoisotopic (exact) mass is 404 g/mol. The Kier molecular flexibility index (Phi) is 6.04. The molecule has 3 rings (SSSR count). The number of aromatic nitrogens is 1. The molecule has 0 radical (unpaired) electrons. The minimum absolute atomic E-state index is 0.0749. The van der Waals surface area contributed by atoms with E-state index in [9.17, 15) is 4.79 Å². The first-order chi connectivity index (χ1) is 13.0. The highest BCUT2D eigenvalue weighted by atomic mass is 35.5. The summed E-state index contributed by atoms with van der Waals surface area (Å²) in [6, 6.07) is 13.8. The van der Waals surface area contributed by atoms with Crippen LogP contribution in [-0.4, -0.2) is 18.0 Å². The van der Waals surface area contributed by atoms with Gasteiger partial charge in [0.2, 0.25) is 0 Å². The molecule has 0 saturated heterocycles. The number of ether oxygens (including phenoxy) is 1. The maximum Gasteiger partial charge on any atom is 0.170 e. The number of rotatable bonds is 7. The fourth-order valence-electron chi connectivity index (χ4n) is 2.70. The SMILES string of the molecule is COc1cccc(C(CC(=O)c2ccc(Cl)c(Cl)c2)Nc2cc(C)on2)c1. The Hall–Kier alpha value is -2.50. The summed E-state index contributed by atoms with van der Waals surface area (Å²) in [5.41, 5.74) is 1.39. The Morgan fingerprint density at radius 3 is 2.67 bits per heavy atom. The van der Waals surface area contributed by atoms with Crippen LogP contribution >= 0.6 is 23.2 Å². The van der Waals surface area contributed by atoms with Crippen molar-refractivity contribution >= 4 is 34.8 Å². The van der Waals surface area contributed by atoms with Crippen molar-refractivity contribution in [1.29, 1.82) is 0 Å². The highest BCUT2D eigenvalue weighted by molar-refractivity contribution is 6.42. The van der Waals surface area contributed by atoms with Gasteiger partial charge in [-0.25, -0.2) is 0 Å². The first-order valence-electron chi connectivity index (χ1n) is 8.28. The molecule has 0 bridgehead atoms. The summed E-state index contributed by atoms with van der Waals surface area (Å²) < 4.78 is 10.4. The molecule has 0 aliphatic carbocycles. The van der Waals surface area contributed by atoms with Gasteiger partial charge in [0.15, 0.2) is 11.6 Å². The number of hydrogen-bond donors (Lipinski definition) is 1. The third kappa shape index (κ3) is 4.81. The van der Waals surface area contributed by atoms with E-state index < -0.39 is 0 Å². The minimum atomic E-state index is -0.327. The van der Waals surface area contributed by atoms with E-state index >= 15 is 0 Å². The van der Waals surface area contributed by atoms with Crippen molar-refractivity contribution in [3.05, 3.63) is 75.5 Å². The van der Waals surface area contributed by atoms with Crippen LogP contribution in [0.15, 0.2) is 53.1 Å². The van der Waals surface area contributed by atoms with E-state index in [-0.39, 0.29) is 18.2 Å². The quantitative estimate of drug-likeness (QED) is 0.509. The van der Waals surface area contributed by atoms with Gasteiger partial charge in [-0.2, -0.15) is 0 Å². The van der Waals surface area contributed by atoms with E-state index in [1.165, 1.54) is 0 Å². The number of methoxy groups -OCH3 is 1. The number of carbonyl (C=O) groups is 1. The van der Waals surface area contributed by atoms with E-state index in [4.69, 9.17) is 32.5 Å². The highest BCUT2D eigenvalue weighted by Gasteiger charge is 2.20. The Balaban J connectivity index is 1.88. The lowest BCUT2D eigenvalue weighted by atomic mass is 9.97. The van der Waals surface area contributed by atoms with Crippen molar-refractivity contribution in [3.63, 3.8) is 0 Å². The van der Waals surface area contributed by atoms with Gasteiger partial charge in [0, 0.05) is 18.1 Å². The van der Waals surface area contributed by atoms with Crippen molar-refractivity contribution in [3.8, 4) is 5.75 Å². The second kappa shape index (κ2) is 8.46. The standard InChI is InChI=1S/C20H18Cl2N2O3/c1-12-8-20(24-27-12)23-18(13-4-3-5-15(9-13)26-2)11-19(25)14-6-7-16(21)17(22)10-14/h3-10,18H,11H2,1-2H3,(H,23,24). The van der Waals surface area contributed by atoms with Gasteiger partial charge in [0.05, 0.1) is 23.2 Å². The number of nitrogens with zero attached hydrogens (tertiary/aromatic N) is 1. The predicted octanol–water partition coefficient (Wildman–Crippen LogP) is 5.72. The van der Waals surface area contributed by atoms with Gasteiger partial charge in [-0.1, -0.05) is 40.5 Å². The van der Waals surface area contributed by atoms with Gasteiger partial charge >= 0.3 is 0 Å². The molecule has 0 aliphatic heterocycles. The van der Waals surface area contributed by atoms with E-state index in [2.05, 4.69) is 10.5 Å². The molecule has 27 heavy (non-hydrogen) atoms. The molecule has 1 aromatic heterocycles. The number of nitrogens with one attached hydrogen (secondary N) is 1. The van der Waals surface area contributed by atoms with Gasteiger partial charge in [0.1, 0.15) is 11.5 Å². The number of halogens is 2. The zero-order valence-corrected chi connectivity index (χ0v) is 16.3. The van der Waals surface area contributed by atoms with Crippen LogP contribution in [0.25, 0.3) is 0 Å². The summed E-state index contributed by atoms with van der Waals surface area (Å²) in [5.74, 6) is 1.87. The smallest absolute Gasteiger partial charge is 0.170 e. The molecule has 0 amide bonds. The first-order valence-corrected chi connectivity index (χ1v) is 9.04. The van der Waals surface area contributed by atoms with Crippen LogP contribution < -0.4 is 10.1 Å². The van der Waals surface area contributed by atoms with Crippen LogP contribution in [0.4, 0.5) is 5.82 Å². The minimum Gasteiger partial charge on any atom is -0.497 e. The number of hydrogen-bond acceptors (Lipinski definition) is 5. The zero-order chi connectivity index (χ0) is 19.4. The average Bonchev–Trinajstić information content (AvgIpc) is 3.08. The third-order valence-electron chi connectivity index (χ3n) is 4.08. The number of Topliss-reactive ketones (excluding diaryl/α,β-unsaturated/α-hetero) is 1. The van der Waals surface area contributed by atoms with Crippen LogP contribution in [0.2, 0.25) is 10.0 Å². The normalized spacial score (nSPS) is 11.9. The fourth-order valence-corrected chi connectivity index (χ4v) is 2.99. The summed E-state index contributed by atoms with van der Waals surface area (Å²) in [4.78, 5) is 12.8. The van der Waals surface area contributed by atoms with Gasteiger partial charge in [0.25, 0.3) is 0 Å². The van der Waals surface area contributed by atoms with Crippen molar-refractivity contribution < 1.29 is 14.1 Å². The molecule has 0 fully saturated rings. The Labute approximate surface area is 167 Å². The van der Waals surface area contributed by atoms with E-state index in [0.717, 1.165) is 5.56 Å². The van der Waals surface area contributed by atoms with Gasteiger partial charge in [-0.05, 0) is 42.8 Å². The fraction of sp³-hybridized carbons (Fsp3) is 0.200. The van der Waals surface area contributed by atoms with Crippen LogP contribution in [-0.2, 0) is 0 Å². The van der Waals surface area contributed by atoms with E-state index in [1.54, 1.807) is 38.3 Å². The van der Waals surface area contributed by atoms with Crippen molar-refractivity contribution in [1.82, 2.24) is 5.16 Å². The summed E-state index contributed by atoms with van der Waals surface area (Å²) in [7, 11) is 1.60. The summed E-state index contributed by atoms with van der Waals surface area (Å²) in [6.07, 6.45) is 0.192. The first kappa shape index (κ1) is 19.3. The van der Waals surface area contributed by atoms with Gasteiger partial charge < -0.3 is 14.6 Å². The molecule has 0 aliphatic rings. The molecular formula is C20H18Cl2N2O3. The Morgan fingerprint density at radius 1 is 1.19 bits per heavy atom. The molecule has 1 atom stereocenters. The lowest BCUT2D eigenvalue weighted by molar-refractivity contribution is 0.0976. The molecule has 5 nitrogen and oxygen atoms in total. The van der Waals surface area contributed by atoms with E-state index in [1.807, 2.05) is 24.3 Å². The van der Waals surface area contributed by atoms with Crippen molar-refractivity contribution in [2.45, 2.75) is 19.4 Å². The molecule has 7 heteroatoms. The maximum atomic E-state index is 12.8. The second-order valence-corrected chi connectivity index (χ2v) is 6.87. The van der Waals surface area contributed by atoms with E-state index in [0.29, 0.717) is 32.9 Å². The van der Waals surface area contributed by atoms with Crippen molar-refractivity contribution in [2.24, 2.45) is 0 Å². The van der Waals surface area contributed by atoms with Crippen LogP contribution in [0.5, 0.6) is 5.75 Å². The highest BCUT2D eigenvalue weighted by Crippen LogP contribution is 2.29. The molecule has 0 saturated carbocycles. The van der Waals surface area contributed by atoms with Crippen LogP contribution in [0.1, 0.15) is 34.1 Å². The predicted molar refractivity (Wildman–Crippen MR) is 106 cm³/mol. The Bertz CT molecular complexity index is 956. The molecular weight excluding hydrogens is 387 g/mol. The summed E-state index contributed by atoms with van der Waals surface area (Å²) in [5, 5.41) is 7.97. The second-order valence-electron chi connectivity index (χ2n) is 6.05. The number of anilines is 1. The number of ketones is 1. The molecule has 3 aromatic rings.